The summed E-state index contributed by atoms with van der Waals surface area (Å²) >= 11 is 0. The molecule has 68 valence electrons. The van der Waals surface area contributed by atoms with Gasteiger partial charge < -0.3 is 10.4 Å². The molecule has 1 aliphatic heterocycles. The van der Waals surface area contributed by atoms with Gasteiger partial charge in [-0.1, -0.05) is 12.8 Å². The molecule has 0 bridgehead atoms. The van der Waals surface area contributed by atoms with Crippen LogP contribution in [0.25, 0.3) is 0 Å². The molecule has 12 heavy (non-hydrogen) atoms. The standard InChI is InChI=1S/C9H15NO2/c11-9(12)8-5-6-3-1-2-4-7(6)10-8/h6-8,10H,1-5H2,(H,11,12). The first-order valence-electron chi connectivity index (χ1n) is 4.76. The SMILES string of the molecule is O=C(O)C1CC2CCCCC2N1. The summed E-state index contributed by atoms with van der Waals surface area (Å²) in [6.07, 6.45) is 5.80. The zero-order chi connectivity index (χ0) is 8.55. The molecule has 0 aromatic heterocycles. The lowest BCUT2D eigenvalue weighted by Crippen LogP contribution is -2.36. The van der Waals surface area contributed by atoms with Crippen molar-refractivity contribution in [1.29, 1.82) is 0 Å². The molecule has 0 radical (unpaired) electrons. The lowest BCUT2D eigenvalue weighted by Gasteiger charge is -2.24. The van der Waals surface area contributed by atoms with Gasteiger partial charge in [0, 0.05) is 6.04 Å². The second-order valence-electron chi connectivity index (χ2n) is 3.94. The van der Waals surface area contributed by atoms with Crippen molar-refractivity contribution in [2.24, 2.45) is 5.92 Å². The number of fused-ring (bicyclic) bond motifs is 1. The smallest absolute Gasteiger partial charge is 0.320 e. The first-order valence-corrected chi connectivity index (χ1v) is 4.76. The van der Waals surface area contributed by atoms with E-state index in [2.05, 4.69) is 5.32 Å². The predicted molar refractivity (Wildman–Crippen MR) is 44.9 cm³/mol. The minimum absolute atomic E-state index is 0.266. The molecule has 3 atom stereocenters. The molecule has 0 spiro atoms. The number of carbonyl (C=O) groups is 1. The second-order valence-corrected chi connectivity index (χ2v) is 3.94. The molecule has 2 N–H and O–H groups in total. The normalized spacial score (nSPS) is 40.8. The van der Waals surface area contributed by atoms with Crippen molar-refractivity contribution < 1.29 is 9.90 Å². The lowest BCUT2D eigenvalue weighted by molar-refractivity contribution is -0.139. The highest BCUT2D eigenvalue weighted by Gasteiger charge is 2.37. The maximum absolute atomic E-state index is 10.7. The Morgan fingerprint density at radius 3 is 2.75 bits per heavy atom. The van der Waals surface area contributed by atoms with Crippen LogP contribution in [0.4, 0.5) is 0 Å². The van der Waals surface area contributed by atoms with Crippen molar-refractivity contribution in [3.05, 3.63) is 0 Å². The van der Waals surface area contributed by atoms with Gasteiger partial charge in [0.2, 0.25) is 0 Å². The number of carboxylic acid groups (broad SMARTS) is 1. The van der Waals surface area contributed by atoms with Crippen LogP contribution in [-0.2, 0) is 4.79 Å². The van der Waals surface area contributed by atoms with Gasteiger partial charge in [-0.2, -0.15) is 0 Å². The number of hydrogen-bond donors (Lipinski definition) is 2. The third-order valence-corrected chi connectivity index (χ3v) is 3.16. The van der Waals surface area contributed by atoms with E-state index in [-0.39, 0.29) is 6.04 Å². The van der Waals surface area contributed by atoms with Crippen LogP contribution >= 0.6 is 0 Å². The summed E-state index contributed by atoms with van der Waals surface area (Å²) in [4.78, 5) is 10.7. The molecule has 1 saturated carbocycles. The summed E-state index contributed by atoms with van der Waals surface area (Å²) in [6.45, 7) is 0. The molecule has 3 nitrogen and oxygen atoms in total. The Bertz CT molecular complexity index is 179. The average molecular weight is 169 g/mol. The van der Waals surface area contributed by atoms with Crippen molar-refractivity contribution in [1.82, 2.24) is 5.32 Å². The Hall–Kier alpha value is -0.570. The number of hydrogen-bond acceptors (Lipinski definition) is 2. The fourth-order valence-corrected chi connectivity index (χ4v) is 2.51. The molecule has 0 aromatic carbocycles. The molecular formula is C9H15NO2. The van der Waals surface area contributed by atoms with Crippen LogP contribution in [0.1, 0.15) is 32.1 Å². The van der Waals surface area contributed by atoms with Gasteiger partial charge in [0.05, 0.1) is 0 Å². The summed E-state index contributed by atoms with van der Waals surface area (Å²) < 4.78 is 0. The molecule has 2 aliphatic rings. The van der Waals surface area contributed by atoms with Gasteiger partial charge in [-0.05, 0) is 25.2 Å². The largest absolute Gasteiger partial charge is 0.480 e. The van der Waals surface area contributed by atoms with Crippen LogP contribution in [0.15, 0.2) is 0 Å². The Morgan fingerprint density at radius 2 is 2.08 bits per heavy atom. The highest BCUT2D eigenvalue weighted by molar-refractivity contribution is 5.74. The Balaban J connectivity index is 1.98. The van der Waals surface area contributed by atoms with Crippen molar-refractivity contribution in [3.8, 4) is 0 Å². The molecule has 2 fully saturated rings. The Labute approximate surface area is 72.2 Å². The maximum Gasteiger partial charge on any atom is 0.320 e. The third kappa shape index (κ3) is 1.33. The molecule has 0 aromatic rings. The fraction of sp³-hybridized carbons (Fsp3) is 0.889. The fourth-order valence-electron chi connectivity index (χ4n) is 2.51. The van der Waals surface area contributed by atoms with Crippen molar-refractivity contribution in [2.45, 2.75) is 44.2 Å². The van der Waals surface area contributed by atoms with E-state index in [1.807, 2.05) is 0 Å². The highest BCUT2D eigenvalue weighted by atomic mass is 16.4. The minimum Gasteiger partial charge on any atom is -0.480 e. The molecule has 1 heterocycles. The van der Waals surface area contributed by atoms with E-state index in [1.165, 1.54) is 25.7 Å². The summed E-state index contributed by atoms with van der Waals surface area (Å²) in [5.74, 6) is -0.0377. The average Bonchev–Trinajstić information content (AvgIpc) is 2.46. The zero-order valence-electron chi connectivity index (χ0n) is 7.12. The molecule has 1 saturated heterocycles. The van der Waals surface area contributed by atoms with E-state index in [9.17, 15) is 4.79 Å². The van der Waals surface area contributed by atoms with Crippen LogP contribution in [0.3, 0.4) is 0 Å². The number of aliphatic carboxylic acids is 1. The van der Waals surface area contributed by atoms with Gasteiger partial charge in [-0.15, -0.1) is 0 Å². The Morgan fingerprint density at radius 1 is 1.33 bits per heavy atom. The molecule has 3 unspecified atom stereocenters. The van der Waals surface area contributed by atoms with E-state index >= 15 is 0 Å². The van der Waals surface area contributed by atoms with Gasteiger partial charge in [0.1, 0.15) is 6.04 Å². The quantitative estimate of drug-likeness (QED) is 0.615. The summed E-state index contributed by atoms with van der Waals surface area (Å²) in [6, 6.07) is 0.234. The monoisotopic (exact) mass is 169 g/mol. The van der Waals surface area contributed by atoms with Crippen molar-refractivity contribution in [2.75, 3.05) is 0 Å². The first kappa shape index (κ1) is 8.05. The number of carboxylic acids is 1. The maximum atomic E-state index is 10.7. The molecule has 3 heteroatoms. The van der Waals surface area contributed by atoms with Crippen LogP contribution < -0.4 is 5.32 Å². The van der Waals surface area contributed by atoms with Crippen LogP contribution in [-0.4, -0.2) is 23.2 Å². The second kappa shape index (κ2) is 3.05. The van der Waals surface area contributed by atoms with Gasteiger partial charge in [-0.25, -0.2) is 0 Å². The molecule has 2 rings (SSSR count). The van der Waals surface area contributed by atoms with E-state index in [4.69, 9.17) is 5.11 Å². The van der Waals surface area contributed by atoms with Crippen LogP contribution in [0.2, 0.25) is 0 Å². The topological polar surface area (TPSA) is 49.3 Å². The van der Waals surface area contributed by atoms with Gasteiger partial charge in [0.15, 0.2) is 0 Å². The van der Waals surface area contributed by atoms with Crippen molar-refractivity contribution in [3.63, 3.8) is 0 Å². The zero-order valence-corrected chi connectivity index (χ0v) is 7.12. The van der Waals surface area contributed by atoms with E-state index < -0.39 is 5.97 Å². The molecular weight excluding hydrogens is 154 g/mol. The van der Waals surface area contributed by atoms with Crippen molar-refractivity contribution >= 4 is 5.97 Å². The van der Waals surface area contributed by atoms with E-state index in [0.717, 1.165) is 6.42 Å². The first-order chi connectivity index (χ1) is 5.77. The minimum atomic E-state index is -0.676. The predicted octanol–water partition coefficient (Wildman–Crippen LogP) is 0.992. The van der Waals surface area contributed by atoms with Crippen LogP contribution in [0.5, 0.6) is 0 Å². The summed E-state index contributed by atoms with van der Waals surface area (Å²) in [7, 11) is 0. The molecule has 1 aliphatic carbocycles. The number of rotatable bonds is 1. The van der Waals surface area contributed by atoms with Gasteiger partial charge >= 0.3 is 5.97 Å². The van der Waals surface area contributed by atoms with Gasteiger partial charge in [-0.3, -0.25) is 4.79 Å². The van der Waals surface area contributed by atoms with E-state index in [0.29, 0.717) is 12.0 Å². The third-order valence-electron chi connectivity index (χ3n) is 3.16. The van der Waals surface area contributed by atoms with Gasteiger partial charge in [0.25, 0.3) is 0 Å². The van der Waals surface area contributed by atoms with E-state index in [1.54, 1.807) is 0 Å². The Kier molecular flexibility index (Phi) is 2.05. The van der Waals surface area contributed by atoms with Crippen LogP contribution in [0, 0.1) is 5.92 Å². The lowest BCUT2D eigenvalue weighted by atomic mass is 9.85. The number of nitrogens with one attached hydrogen (secondary N) is 1. The summed E-state index contributed by atoms with van der Waals surface area (Å²) in [5.41, 5.74) is 0. The molecule has 0 amide bonds. The highest BCUT2D eigenvalue weighted by Crippen LogP contribution is 2.32. The summed E-state index contributed by atoms with van der Waals surface area (Å²) in [5, 5.41) is 12.0.